The molecular formula is C14H20ClN3O2S. The topological polar surface area (TPSA) is 45.7 Å². The van der Waals surface area contributed by atoms with E-state index in [1.54, 1.807) is 0 Å². The normalized spacial score (nSPS) is 26.0. The van der Waals surface area contributed by atoms with Crippen LogP contribution in [0.25, 0.3) is 0 Å². The number of thiazole rings is 1. The molecule has 2 unspecified atom stereocenters. The molecule has 0 N–H and O–H groups in total. The van der Waals surface area contributed by atoms with E-state index in [-0.39, 0.29) is 5.15 Å². The number of ether oxygens (including phenoxy) is 1. The van der Waals surface area contributed by atoms with Crippen molar-refractivity contribution in [3.05, 3.63) is 10.0 Å². The molecule has 2 bridgehead atoms. The zero-order valence-corrected chi connectivity index (χ0v) is 13.9. The van der Waals surface area contributed by atoms with E-state index < -0.39 is 5.97 Å². The molecule has 0 saturated carbocycles. The Morgan fingerprint density at radius 2 is 2.19 bits per heavy atom. The zero-order chi connectivity index (χ0) is 15.0. The number of aromatic nitrogens is 1. The van der Waals surface area contributed by atoms with Crippen LogP contribution in [0.2, 0.25) is 5.15 Å². The minimum atomic E-state index is -0.402. The largest absolute Gasteiger partial charge is 0.465 e. The third-order valence-corrected chi connectivity index (χ3v) is 5.92. The summed E-state index contributed by atoms with van der Waals surface area (Å²) in [4.78, 5) is 21.4. The van der Waals surface area contributed by atoms with E-state index in [0.29, 0.717) is 17.0 Å². The lowest BCUT2D eigenvalue weighted by Crippen LogP contribution is -2.39. The average molecular weight is 330 g/mol. The molecule has 2 fully saturated rings. The number of methoxy groups -OCH3 is 1. The fourth-order valence-electron chi connectivity index (χ4n) is 3.36. The summed E-state index contributed by atoms with van der Waals surface area (Å²) in [6.07, 6.45) is 3.54. The smallest absolute Gasteiger partial charge is 0.351 e. The number of nitrogens with zero attached hydrogens (tertiary/aromatic N) is 3. The number of likely N-dealkylation sites (N-methyl/N-ethyl adjacent to an activating group) is 1. The third-order valence-electron chi connectivity index (χ3n) is 4.48. The van der Waals surface area contributed by atoms with Crippen molar-refractivity contribution in [1.29, 1.82) is 0 Å². The van der Waals surface area contributed by atoms with Crippen molar-refractivity contribution in [1.82, 2.24) is 9.88 Å². The molecule has 0 radical (unpaired) electrons. The molecule has 116 valence electrons. The average Bonchev–Trinajstić information content (AvgIpc) is 2.98. The van der Waals surface area contributed by atoms with Gasteiger partial charge in [-0.05, 0) is 25.8 Å². The number of anilines is 1. The van der Waals surface area contributed by atoms with Crippen molar-refractivity contribution in [3.63, 3.8) is 0 Å². The van der Waals surface area contributed by atoms with Crippen LogP contribution in [0.15, 0.2) is 0 Å². The van der Waals surface area contributed by atoms with E-state index in [1.807, 2.05) is 0 Å². The van der Waals surface area contributed by atoms with Crippen molar-refractivity contribution >= 4 is 34.0 Å². The molecule has 2 aliphatic heterocycles. The van der Waals surface area contributed by atoms with Gasteiger partial charge in [-0.1, -0.05) is 29.9 Å². The summed E-state index contributed by atoms with van der Waals surface area (Å²) in [5.41, 5.74) is 0. The molecule has 5 nitrogen and oxygen atoms in total. The molecule has 3 heterocycles. The summed E-state index contributed by atoms with van der Waals surface area (Å²) in [5, 5.41) is 1.13. The Balaban J connectivity index is 1.88. The van der Waals surface area contributed by atoms with Crippen LogP contribution >= 0.6 is 22.9 Å². The Morgan fingerprint density at radius 1 is 1.43 bits per heavy atom. The van der Waals surface area contributed by atoms with E-state index in [4.69, 9.17) is 16.3 Å². The highest BCUT2D eigenvalue weighted by Crippen LogP contribution is 2.39. The highest BCUT2D eigenvalue weighted by molar-refractivity contribution is 7.18. The number of fused-ring (bicyclic) bond motifs is 2. The highest BCUT2D eigenvalue weighted by Gasteiger charge is 2.39. The number of esters is 1. The molecule has 21 heavy (non-hydrogen) atoms. The lowest BCUT2D eigenvalue weighted by Gasteiger charge is -2.28. The number of carbonyl (C=O) groups excluding carboxylic acids is 1. The van der Waals surface area contributed by atoms with Gasteiger partial charge in [0.2, 0.25) is 0 Å². The Labute approximate surface area is 133 Å². The number of likely N-dealkylation sites (tertiary alicyclic amines) is 1. The van der Waals surface area contributed by atoms with Gasteiger partial charge in [0.25, 0.3) is 0 Å². The maximum atomic E-state index is 11.7. The summed E-state index contributed by atoms with van der Waals surface area (Å²) < 4.78 is 4.77. The quantitative estimate of drug-likeness (QED) is 0.798. The Morgan fingerprint density at radius 3 is 2.90 bits per heavy atom. The number of hydrogen-bond donors (Lipinski definition) is 0. The molecular weight excluding hydrogens is 310 g/mol. The van der Waals surface area contributed by atoms with E-state index in [0.717, 1.165) is 31.2 Å². The van der Waals surface area contributed by atoms with Crippen LogP contribution in [0.1, 0.15) is 35.9 Å². The Hall–Kier alpha value is -0.850. The second-order valence-electron chi connectivity index (χ2n) is 5.58. The predicted octanol–water partition coefficient (Wildman–Crippen LogP) is 2.65. The second kappa shape index (κ2) is 6.10. The molecule has 7 heteroatoms. The van der Waals surface area contributed by atoms with E-state index in [2.05, 4.69) is 21.7 Å². The number of halogens is 1. The van der Waals surface area contributed by atoms with Crippen molar-refractivity contribution in [2.45, 2.75) is 38.3 Å². The van der Waals surface area contributed by atoms with Crippen LogP contribution in [0.5, 0.6) is 0 Å². The van der Waals surface area contributed by atoms with Crippen molar-refractivity contribution in [3.8, 4) is 0 Å². The van der Waals surface area contributed by atoms with Crippen LogP contribution in [-0.2, 0) is 4.74 Å². The van der Waals surface area contributed by atoms with Crippen molar-refractivity contribution < 1.29 is 9.53 Å². The van der Waals surface area contributed by atoms with Gasteiger partial charge in [0, 0.05) is 25.2 Å². The van der Waals surface area contributed by atoms with Gasteiger partial charge in [-0.3, -0.25) is 0 Å². The van der Waals surface area contributed by atoms with E-state index in [9.17, 15) is 4.79 Å². The lowest BCUT2D eigenvalue weighted by atomic mass is 10.1. The van der Waals surface area contributed by atoms with Gasteiger partial charge in [-0.25, -0.2) is 9.78 Å². The van der Waals surface area contributed by atoms with E-state index >= 15 is 0 Å². The lowest BCUT2D eigenvalue weighted by molar-refractivity contribution is 0.0606. The van der Waals surface area contributed by atoms with Crippen LogP contribution in [0, 0.1) is 0 Å². The third kappa shape index (κ3) is 2.76. The standard InChI is InChI=1S/C14H20ClN3O2S/c1-3-17-7-6-9-4-5-10(8-17)18(9)14-16-12(15)11(21-14)13(19)20-2/h9-10H,3-8H2,1-2H3. The highest BCUT2D eigenvalue weighted by atomic mass is 35.5. The van der Waals surface area contributed by atoms with Crippen LogP contribution < -0.4 is 4.90 Å². The van der Waals surface area contributed by atoms with Gasteiger partial charge in [-0.15, -0.1) is 0 Å². The summed E-state index contributed by atoms with van der Waals surface area (Å²) in [7, 11) is 1.37. The van der Waals surface area contributed by atoms with Crippen molar-refractivity contribution in [2.75, 3.05) is 31.6 Å². The predicted molar refractivity (Wildman–Crippen MR) is 84.5 cm³/mol. The van der Waals surface area contributed by atoms with E-state index in [1.165, 1.54) is 31.3 Å². The first-order valence-electron chi connectivity index (χ1n) is 7.39. The molecule has 1 aromatic heterocycles. The minimum Gasteiger partial charge on any atom is -0.465 e. The van der Waals surface area contributed by atoms with Crippen LogP contribution in [0.4, 0.5) is 5.13 Å². The van der Waals surface area contributed by atoms with Crippen LogP contribution in [-0.4, -0.2) is 54.7 Å². The molecule has 0 aromatic carbocycles. The van der Waals surface area contributed by atoms with Crippen LogP contribution in [0.3, 0.4) is 0 Å². The molecule has 0 amide bonds. The molecule has 3 rings (SSSR count). The second-order valence-corrected chi connectivity index (χ2v) is 6.92. The number of carbonyl (C=O) groups is 1. The fraction of sp³-hybridized carbons (Fsp3) is 0.714. The summed E-state index contributed by atoms with van der Waals surface area (Å²) >= 11 is 7.47. The number of rotatable bonds is 3. The van der Waals surface area contributed by atoms with Gasteiger partial charge < -0.3 is 14.5 Å². The first-order valence-corrected chi connectivity index (χ1v) is 8.58. The molecule has 2 atom stereocenters. The molecule has 2 saturated heterocycles. The summed E-state index contributed by atoms with van der Waals surface area (Å²) in [6.45, 7) is 5.50. The SMILES string of the molecule is CCN1CCC2CCC(C1)N2c1nc(Cl)c(C(=O)OC)s1. The minimum absolute atomic E-state index is 0.262. The first kappa shape index (κ1) is 15.1. The fourth-order valence-corrected chi connectivity index (χ4v) is 4.71. The zero-order valence-electron chi connectivity index (χ0n) is 12.3. The maximum absolute atomic E-state index is 11.7. The summed E-state index contributed by atoms with van der Waals surface area (Å²) in [6, 6.07) is 0.990. The molecule has 2 aliphatic rings. The number of hydrogen-bond acceptors (Lipinski definition) is 6. The van der Waals surface area contributed by atoms with Gasteiger partial charge in [0.05, 0.1) is 7.11 Å². The monoisotopic (exact) mass is 329 g/mol. The van der Waals surface area contributed by atoms with Gasteiger partial charge in [0.1, 0.15) is 0 Å². The maximum Gasteiger partial charge on any atom is 0.351 e. The van der Waals surface area contributed by atoms with Gasteiger partial charge in [-0.2, -0.15) is 0 Å². The van der Waals surface area contributed by atoms with Gasteiger partial charge in [0.15, 0.2) is 15.2 Å². The Bertz CT molecular complexity index is 536. The summed E-state index contributed by atoms with van der Waals surface area (Å²) in [5.74, 6) is -0.402. The van der Waals surface area contributed by atoms with Gasteiger partial charge >= 0.3 is 5.97 Å². The first-order chi connectivity index (χ1) is 10.1. The van der Waals surface area contributed by atoms with Crippen molar-refractivity contribution in [2.24, 2.45) is 0 Å². The molecule has 0 aliphatic carbocycles. The molecule has 1 aromatic rings. The molecule has 0 spiro atoms. The Kier molecular flexibility index (Phi) is 4.38.